The molecule has 0 bridgehead atoms. The second kappa shape index (κ2) is 7.86. The average Bonchev–Trinajstić information content (AvgIpc) is 2.53. The van der Waals surface area contributed by atoms with Crippen molar-refractivity contribution in [3.8, 4) is 6.07 Å². The van der Waals surface area contributed by atoms with Gasteiger partial charge in [0.25, 0.3) is 5.69 Å². The molecule has 1 fully saturated rings. The smallest absolute Gasteiger partial charge is 0.258 e. The summed E-state index contributed by atoms with van der Waals surface area (Å²) >= 11 is 1.39. The van der Waals surface area contributed by atoms with E-state index in [9.17, 15) is 24.0 Å². The number of nitro groups is 1. The van der Waals surface area contributed by atoms with E-state index in [0.29, 0.717) is 0 Å². The number of nitrogens with one attached hydrogen (secondary N) is 1. The molecule has 0 amide bonds. The Morgan fingerprint density at radius 1 is 1.41 bits per heavy atom. The third-order valence-corrected chi connectivity index (χ3v) is 8.15. The van der Waals surface area contributed by atoms with Crippen LogP contribution in [0.1, 0.15) is 52.5 Å². The van der Waals surface area contributed by atoms with Gasteiger partial charge in [-0.2, -0.15) is 5.26 Å². The van der Waals surface area contributed by atoms with Crippen LogP contribution in [0.5, 0.6) is 0 Å². The Morgan fingerprint density at radius 3 is 2.48 bits per heavy atom. The number of benzene rings is 1. The number of thioether (sulfide) groups is 1. The van der Waals surface area contributed by atoms with Crippen molar-refractivity contribution in [1.29, 1.82) is 5.26 Å². The van der Waals surface area contributed by atoms with Crippen LogP contribution in [0.25, 0.3) is 0 Å². The van der Waals surface area contributed by atoms with Crippen molar-refractivity contribution < 1.29 is 13.5 Å². The van der Waals surface area contributed by atoms with Gasteiger partial charge in [0.15, 0.2) is 0 Å². The van der Waals surface area contributed by atoms with Gasteiger partial charge in [-0.05, 0) is 53.0 Å². The minimum atomic E-state index is -1.53. The lowest BCUT2D eigenvalue weighted by Crippen LogP contribution is -2.49. The van der Waals surface area contributed by atoms with Crippen LogP contribution in [-0.4, -0.2) is 24.4 Å². The molecular formula is C18H24FN3O3S2. The van der Waals surface area contributed by atoms with Crippen molar-refractivity contribution in [3.63, 3.8) is 0 Å². The lowest BCUT2D eigenvalue weighted by molar-refractivity contribution is -0.385. The molecule has 2 atom stereocenters. The molecule has 2 rings (SSSR count). The highest BCUT2D eigenvalue weighted by atomic mass is 32.2. The van der Waals surface area contributed by atoms with E-state index in [2.05, 4.69) is 10.8 Å². The molecule has 1 aromatic carbocycles. The van der Waals surface area contributed by atoms with E-state index < -0.39 is 36.8 Å². The highest BCUT2D eigenvalue weighted by Gasteiger charge is 2.42. The summed E-state index contributed by atoms with van der Waals surface area (Å²) in [5.74, 6) is -0.345. The molecule has 9 heteroatoms. The Labute approximate surface area is 165 Å². The fourth-order valence-corrected chi connectivity index (χ4v) is 5.06. The number of non-ortho nitro benzene ring substituents is 1. The van der Waals surface area contributed by atoms with Crippen LogP contribution in [0.3, 0.4) is 0 Å². The summed E-state index contributed by atoms with van der Waals surface area (Å²) in [6.45, 7) is 7.04. The molecule has 148 valence electrons. The molecule has 0 aromatic heterocycles. The molecule has 27 heavy (non-hydrogen) atoms. The molecule has 1 aliphatic carbocycles. The standard InChI is InChI=1S/C18H24FN3O3S2/c1-16(2,3)27(25)21-17(4,12-26-18(11-20)8-5-9-18)14-10-13(22(23)24)6-7-15(14)19/h6-7,10,21H,5,8-9,12H2,1-4H3/t17-,27-/m0/s1. The monoisotopic (exact) mass is 413 g/mol. The quantitative estimate of drug-likeness (QED) is 0.534. The minimum Gasteiger partial charge on any atom is -0.258 e. The number of hydrogen-bond donors (Lipinski definition) is 1. The minimum absolute atomic E-state index is 0.0780. The topological polar surface area (TPSA) is 96.0 Å². The Bertz CT molecular complexity index is 800. The van der Waals surface area contributed by atoms with Crippen LogP contribution in [0.15, 0.2) is 18.2 Å². The van der Waals surface area contributed by atoms with Gasteiger partial charge in [-0.1, -0.05) is 0 Å². The summed E-state index contributed by atoms with van der Waals surface area (Å²) in [6, 6.07) is 5.67. The Balaban J connectivity index is 2.43. The SMILES string of the molecule is CC(C)(C)[S@](=O)N[C@@](C)(CSC1(C#N)CCC1)c1cc([N+](=O)[O-])ccc1F. The molecule has 1 saturated carbocycles. The molecule has 0 radical (unpaired) electrons. The van der Waals surface area contributed by atoms with Gasteiger partial charge in [0.05, 0.1) is 32.3 Å². The summed E-state index contributed by atoms with van der Waals surface area (Å²) in [5, 5.41) is 20.6. The molecule has 1 aliphatic rings. The van der Waals surface area contributed by atoms with Gasteiger partial charge in [0.2, 0.25) is 0 Å². The van der Waals surface area contributed by atoms with E-state index in [1.165, 1.54) is 17.8 Å². The first-order valence-electron chi connectivity index (χ1n) is 8.62. The van der Waals surface area contributed by atoms with Crippen LogP contribution in [0.2, 0.25) is 0 Å². The first-order valence-corrected chi connectivity index (χ1v) is 10.8. The van der Waals surface area contributed by atoms with Crippen LogP contribution in [0, 0.1) is 27.3 Å². The van der Waals surface area contributed by atoms with E-state index >= 15 is 0 Å². The third-order valence-electron chi connectivity index (χ3n) is 4.63. The highest BCUT2D eigenvalue weighted by molar-refractivity contribution is 8.01. The normalized spacial score (nSPS) is 19.4. The molecule has 0 heterocycles. The van der Waals surface area contributed by atoms with Crippen LogP contribution >= 0.6 is 11.8 Å². The summed E-state index contributed by atoms with van der Waals surface area (Å²) in [6.07, 6.45) is 2.47. The summed E-state index contributed by atoms with van der Waals surface area (Å²) in [7, 11) is -1.53. The molecule has 0 spiro atoms. The van der Waals surface area contributed by atoms with Gasteiger partial charge >= 0.3 is 0 Å². The predicted octanol–water partition coefficient (Wildman–Crippen LogP) is 4.18. The maximum Gasteiger partial charge on any atom is 0.269 e. The van der Waals surface area contributed by atoms with Crippen molar-refractivity contribution in [1.82, 2.24) is 4.72 Å². The Hall–Kier alpha value is -1.50. The van der Waals surface area contributed by atoms with Gasteiger partial charge in [-0.3, -0.25) is 10.1 Å². The number of nitro benzene ring substituents is 1. The summed E-state index contributed by atoms with van der Waals surface area (Å²) in [5.41, 5.74) is -1.29. The van der Waals surface area contributed by atoms with Crippen molar-refractivity contribution in [3.05, 3.63) is 39.7 Å². The van der Waals surface area contributed by atoms with E-state index in [1.807, 2.05) is 0 Å². The fraction of sp³-hybridized carbons (Fsp3) is 0.611. The largest absolute Gasteiger partial charge is 0.269 e. The second-order valence-corrected chi connectivity index (χ2v) is 11.3. The molecule has 6 nitrogen and oxygen atoms in total. The van der Waals surface area contributed by atoms with E-state index in [0.717, 1.165) is 31.4 Å². The van der Waals surface area contributed by atoms with E-state index in [-0.39, 0.29) is 17.0 Å². The molecule has 1 N–H and O–H groups in total. The van der Waals surface area contributed by atoms with Crippen molar-refractivity contribution in [2.45, 2.75) is 62.0 Å². The zero-order valence-corrected chi connectivity index (χ0v) is 17.5. The maximum atomic E-state index is 14.6. The van der Waals surface area contributed by atoms with Gasteiger partial charge in [0.1, 0.15) is 10.6 Å². The molecule has 0 unspecified atom stereocenters. The fourth-order valence-electron chi connectivity index (χ4n) is 2.64. The van der Waals surface area contributed by atoms with Crippen molar-refractivity contribution >= 4 is 28.4 Å². The molecule has 0 aliphatic heterocycles. The maximum absolute atomic E-state index is 14.6. The summed E-state index contributed by atoms with van der Waals surface area (Å²) < 4.78 is 29.2. The van der Waals surface area contributed by atoms with Crippen molar-refractivity contribution in [2.75, 3.05) is 5.75 Å². The molecule has 0 saturated heterocycles. The van der Waals surface area contributed by atoms with Crippen LogP contribution in [0.4, 0.5) is 10.1 Å². The van der Waals surface area contributed by atoms with Gasteiger partial charge in [-0.25, -0.2) is 13.3 Å². The average molecular weight is 414 g/mol. The van der Waals surface area contributed by atoms with Gasteiger partial charge < -0.3 is 0 Å². The lowest BCUT2D eigenvalue weighted by atomic mass is 9.86. The number of rotatable bonds is 7. The highest BCUT2D eigenvalue weighted by Crippen LogP contribution is 2.46. The first kappa shape index (κ1) is 21.8. The number of nitrogens with zero attached hydrogens (tertiary/aromatic N) is 2. The van der Waals surface area contributed by atoms with Crippen LogP contribution in [-0.2, 0) is 16.5 Å². The number of hydrogen-bond acceptors (Lipinski definition) is 5. The van der Waals surface area contributed by atoms with Crippen molar-refractivity contribution in [2.24, 2.45) is 0 Å². The Kier molecular flexibility index (Phi) is 6.34. The second-order valence-electron chi connectivity index (χ2n) is 7.98. The third kappa shape index (κ3) is 4.86. The first-order chi connectivity index (χ1) is 12.4. The number of nitriles is 1. The van der Waals surface area contributed by atoms with E-state index in [1.54, 1.807) is 27.7 Å². The van der Waals surface area contributed by atoms with Crippen LogP contribution < -0.4 is 4.72 Å². The summed E-state index contributed by atoms with van der Waals surface area (Å²) in [4.78, 5) is 10.6. The lowest BCUT2D eigenvalue weighted by Gasteiger charge is -2.39. The number of halogens is 1. The van der Waals surface area contributed by atoms with Gasteiger partial charge in [0, 0.05) is 23.4 Å². The predicted molar refractivity (Wildman–Crippen MR) is 106 cm³/mol. The molecule has 1 aromatic rings. The zero-order chi connectivity index (χ0) is 20.5. The molecular weight excluding hydrogens is 389 g/mol. The van der Waals surface area contributed by atoms with E-state index in [4.69, 9.17) is 0 Å². The van der Waals surface area contributed by atoms with Gasteiger partial charge in [-0.15, -0.1) is 11.8 Å². The zero-order valence-electron chi connectivity index (χ0n) is 15.9. The Morgan fingerprint density at radius 2 is 2.04 bits per heavy atom.